The Morgan fingerprint density at radius 3 is 2.88 bits per heavy atom. The van der Waals surface area contributed by atoms with Crippen LogP contribution in [0.15, 0.2) is 29.6 Å². The number of carbonyl (C=O) groups is 1. The fourth-order valence-corrected chi connectivity index (χ4v) is 3.64. The summed E-state index contributed by atoms with van der Waals surface area (Å²) in [5.41, 5.74) is 1.92. The third-order valence-electron chi connectivity index (χ3n) is 4.17. The number of nitrogens with one attached hydrogen (secondary N) is 2. The van der Waals surface area contributed by atoms with Crippen LogP contribution in [0.1, 0.15) is 24.5 Å². The summed E-state index contributed by atoms with van der Waals surface area (Å²) >= 11 is 6.73. The topological polar surface area (TPSA) is 84.8 Å². The summed E-state index contributed by atoms with van der Waals surface area (Å²) < 4.78 is 7.23. The Morgan fingerprint density at radius 2 is 2.19 bits per heavy atom. The second-order valence-electron chi connectivity index (χ2n) is 6.07. The van der Waals surface area contributed by atoms with Gasteiger partial charge in [-0.1, -0.05) is 0 Å². The third kappa shape index (κ3) is 3.54. The lowest BCUT2D eigenvalue weighted by Crippen LogP contribution is -2.19. The summed E-state index contributed by atoms with van der Waals surface area (Å²) in [6.45, 7) is 0.0645. The molecule has 26 heavy (non-hydrogen) atoms. The van der Waals surface area contributed by atoms with Crippen LogP contribution in [0.2, 0.25) is 0 Å². The number of thiazole rings is 1. The van der Waals surface area contributed by atoms with Crippen molar-refractivity contribution in [1.82, 2.24) is 19.7 Å². The molecule has 0 bridgehead atoms. The van der Waals surface area contributed by atoms with E-state index in [0.717, 1.165) is 17.0 Å². The van der Waals surface area contributed by atoms with Crippen molar-refractivity contribution >= 4 is 34.6 Å². The van der Waals surface area contributed by atoms with Gasteiger partial charge >= 0.3 is 0 Å². The van der Waals surface area contributed by atoms with Crippen LogP contribution < -0.4 is 10.1 Å². The van der Waals surface area contributed by atoms with Crippen LogP contribution in [0.4, 0.5) is 5.13 Å². The summed E-state index contributed by atoms with van der Waals surface area (Å²) in [7, 11) is 1.61. The summed E-state index contributed by atoms with van der Waals surface area (Å²) in [4.78, 5) is 16.9. The van der Waals surface area contributed by atoms with Crippen molar-refractivity contribution < 1.29 is 9.53 Å². The molecule has 1 aliphatic rings. The number of carbonyl (C=O) groups excluding carboxylic acids is 1. The third-order valence-corrected chi connectivity index (χ3v) is 5.26. The van der Waals surface area contributed by atoms with Crippen molar-refractivity contribution in [2.45, 2.75) is 25.3 Å². The molecule has 1 amide bonds. The molecule has 0 unspecified atom stereocenters. The average Bonchev–Trinajstić information content (AvgIpc) is 3.30. The van der Waals surface area contributed by atoms with Crippen LogP contribution in [-0.4, -0.2) is 32.8 Å². The lowest BCUT2D eigenvalue weighted by molar-refractivity contribution is -0.116. The zero-order valence-corrected chi connectivity index (χ0v) is 15.7. The highest BCUT2D eigenvalue weighted by atomic mass is 32.1. The normalized spacial score (nSPS) is 13.6. The highest BCUT2D eigenvalue weighted by molar-refractivity contribution is 7.71. The zero-order chi connectivity index (χ0) is 18.1. The standard InChI is InChI=1S/C17H17N5O2S2/c1-24-12-6-4-11(5-7-12)15-20-21-17(25)22(15)8-14(23)19-16-18-13(9-26-16)10-2-3-10/h4-7,9-10H,2-3,8H2,1H3,(H,21,25)(H,18,19,23). The molecule has 0 radical (unpaired) electrons. The van der Waals surface area contributed by atoms with Crippen molar-refractivity contribution in [3.63, 3.8) is 0 Å². The maximum Gasteiger partial charge on any atom is 0.246 e. The second-order valence-corrected chi connectivity index (χ2v) is 7.31. The minimum atomic E-state index is -0.186. The van der Waals surface area contributed by atoms with E-state index < -0.39 is 0 Å². The van der Waals surface area contributed by atoms with Crippen LogP contribution in [-0.2, 0) is 11.3 Å². The van der Waals surface area contributed by atoms with Gasteiger partial charge in [0.25, 0.3) is 0 Å². The highest BCUT2D eigenvalue weighted by Gasteiger charge is 2.26. The van der Waals surface area contributed by atoms with Gasteiger partial charge in [-0.25, -0.2) is 4.98 Å². The van der Waals surface area contributed by atoms with Gasteiger partial charge in [-0.2, -0.15) is 5.10 Å². The summed E-state index contributed by atoms with van der Waals surface area (Å²) in [6, 6.07) is 7.43. The average molecular weight is 387 g/mol. The molecule has 1 aliphatic carbocycles. The minimum absolute atomic E-state index is 0.0645. The van der Waals surface area contributed by atoms with Crippen molar-refractivity contribution in [1.29, 1.82) is 0 Å². The first-order chi connectivity index (χ1) is 12.6. The summed E-state index contributed by atoms with van der Waals surface area (Å²) in [5, 5.41) is 12.5. The van der Waals surface area contributed by atoms with Crippen molar-refractivity contribution in [2.75, 3.05) is 12.4 Å². The Hall–Kier alpha value is -2.52. The van der Waals surface area contributed by atoms with Gasteiger partial charge in [-0.3, -0.25) is 14.5 Å². The second kappa shape index (κ2) is 7.00. The molecule has 2 aromatic heterocycles. The van der Waals surface area contributed by atoms with Crippen LogP contribution in [0.25, 0.3) is 11.4 Å². The van der Waals surface area contributed by atoms with E-state index in [-0.39, 0.29) is 12.5 Å². The number of benzene rings is 1. The largest absolute Gasteiger partial charge is 0.497 e. The molecule has 0 saturated heterocycles. The number of methoxy groups -OCH3 is 1. The lowest BCUT2D eigenvalue weighted by atomic mass is 10.2. The maximum atomic E-state index is 12.4. The lowest BCUT2D eigenvalue weighted by Gasteiger charge is -2.07. The molecule has 0 spiro atoms. The van der Waals surface area contributed by atoms with Crippen LogP contribution >= 0.6 is 23.6 Å². The van der Waals surface area contributed by atoms with E-state index in [2.05, 4.69) is 20.5 Å². The molecule has 0 atom stereocenters. The quantitative estimate of drug-likeness (QED) is 0.632. The number of H-pyrrole nitrogens is 1. The number of hydrogen-bond acceptors (Lipinski definition) is 6. The first kappa shape index (κ1) is 16.9. The minimum Gasteiger partial charge on any atom is -0.497 e. The zero-order valence-electron chi connectivity index (χ0n) is 14.1. The first-order valence-electron chi connectivity index (χ1n) is 8.19. The van der Waals surface area contributed by atoms with Gasteiger partial charge < -0.3 is 10.1 Å². The van der Waals surface area contributed by atoms with E-state index in [1.807, 2.05) is 29.6 Å². The van der Waals surface area contributed by atoms with Gasteiger partial charge in [-0.05, 0) is 49.3 Å². The smallest absolute Gasteiger partial charge is 0.246 e. The first-order valence-corrected chi connectivity index (χ1v) is 9.47. The Bertz CT molecular complexity index is 985. The fraction of sp³-hybridized carbons (Fsp3) is 0.294. The number of aromatic nitrogens is 4. The van der Waals surface area contributed by atoms with Gasteiger partial charge in [0.1, 0.15) is 12.3 Å². The monoisotopic (exact) mass is 387 g/mol. The van der Waals surface area contributed by atoms with Crippen LogP contribution in [0.3, 0.4) is 0 Å². The van der Waals surface area contributed by atoms with E-state index in [1.54, 1.807) is 11.7 Å². The number of hydrogen-bond donors (Lipinski definition) is 2. The van der Waals surface area contributed by atoms with Crippen molar-refractivity contribution in [2.24, 2.45) is 0 Å². The van der Waals surface area contributed by atoms with E-state index in [4.69, 9.17) is 17.0 Å². The molecule has 0 aliphatic heterocycles. The molecule has 7 nitrogen and oxygen atoms in total. The van der Waals surface area contributed by atoms with E-state index in [0.29, 0.717) is 21.6 Å². The van der Waals surface area contributed by atoms with E-state index in [9.17, 15) is 4.79 Å². The number of anilines is 1. The molecule has 4 rings (SSSR count). The predicted octanol–water partition coefficient (Wildman–Crippen LogP) is 3.59. The van der Waals surface area contributed by atoms with Gasteiger partial charge in [0.15, 0.2) is 15.7 Å². The summed E-state index contributed by atoms with van der Waals surface area (Å²) in [5.74, 6) is 1.74. The Kier molecular flexibility index (Phi) is 4.56. The Morgan fingerprint density at radius 1 is 1.42 bits per heavy atom. The van der Waals surface area contributed by atoms with Gasteiger partial charge in [0.2, 0.25) is 5.91 Å². The van der Waals surface area contributed by atoms with Gasteiger partial charge in [0, 0.05) is 16.9 Å². The van der Waals surface area contributed by atoms with E-state index in [1.165, 1.54) is 24.2 Å². The molecule has 9 heteroatoms. The molecular formula is C17H17N5O2S2. The Balaban J connectivity index is 1.50. The SMILES string of the molecule is COc1ccc(-c2n[nH]c(=S)n2CC(=O)Nc2nc(C3CC3)cs2)cc1. The summed E-state index contributed by atoms with van der Waals surface area (Å²) in [6.07, 6.45) is 2.37. The van der Waals surface area contributed by atoms with Crippen molar-refractivity contribution in [3.8, 4) is 17.1 Å². The molecule has 2 heterocycles. The molecule has 3 aromatic rings. The predicted molar refractivity (Wildman–Crippen MR) is 102 cm³/mol. The molecule has 1 saturated carbocycles. The highest BCUT2D eigenvalue weighted by Crippen LogP contribution is 2.40. The molecule has 2 N–H and O–H groups in total. The van der Waals surface area contributed by atoms with E-state index >= 15 is 0 Å². The fourth-order valence-electron chi connectivity index (χ4n) is 2.64. The van der Waals surface area contributed by atoms with Crippen molar-refractivity contribution in [3.05, 3.63) is 40.1 Å². The number of ether oxygens (including phenoxy) is 1. The molecule has 134 valence electrons. The maximum absolute atomic E-state index is 12.4. The van der Waals surface area contributed by atoms with Crippen LogP contribution in [0.5, 0.6) is 5.75 Å². The van der Waals surface area contributed by atoms with Crippen LogP contribution in [0, 0.1) is 4.77 Å². The number of aromatic amines is 1. The molecular weight excluding hydrogens is 370 g/mol. The van der Waals surface area contributed by atoms with Gasteiger partial charge in [-0.15, -0.1) is 11.3 Å². The molecule has 1 fully saturated rings. The number of rotatable bonds is 6. The number of nitrogens with zero attached hydrogens (tertiary/aromatic N) is 3. The van der Waals surface area contributed by atoms with Gasteiger partial charge in [0.05, 0.1) is 12.8 Å². The molecule has 1 aromatic carbocycles. The number of amides is 1. The Labute approximate surface area is 159 Å².